The highest BCUT2D eigenvalue weighted by molar-refractivity contribution is 5.36. The minimum Gasteiger partial charge on any atom is -0.211 e. The van der Waals surface area contributed by atoms with Gasteiger partial charge in [0, 0.05) is 0 Å². The minimum absolute atomic E-state index is 0.160. The Balaban J connectivity index is -0.000000131. The summed E-state index contributed by atoms with van der Waals surface area (Å²) < 4.78 is 0. The van der Waals surface area contributed by atoms with Crippen LogP contribution in [0.15, 0.2) is 30.0 Å². The van der Waals surface area contributed by atoms with Crippen molar-refractivity contribution in [3.63, 3.8) is 0 Å². The average molecular weight is 380 g/mol. The van der Waals surface area contributed by atoms with Crippen molar-refractivity contribution in [1.29, 1.82) is 0 Å². The summed E-state index contributed by atoms with van der Waals surface area (Å²) in [6, 6.07) is 0. The number of hydrogen-bond donors (Lipinski definition) is 0. The number of hydrogen-bond acceptors (Lipinski definition) is 12. The Morgan fingerprint density at radius 1 is 0.444 bits per heavy atom. The van der Waals surface area contributed by atoms with Crippen molar-refractivity contribution in [1.82, 2.24) is 0 Å². The molecule has 0 spiro atoms. The topological polar surface area (TPSA) is 177 Å². The molecule has 0 atom stereocenters. The molecule has 27 heavy (non-hydrogen) atoms. The third-order valence-corrected chi connectivity index (χ3v) is 1.77. The van der Waals surface area contributed by atoms with Gasteiger partial charge in [0.1, 0.15) is 0 Å². The van der Waals surface area contributed by atoms with E-state index in [0.29, 0.717) is 0 Å². The lowest BCUT2D eigenvalue weighted by atomic mass is 10.2. The molecule has 0 aliphatic rings. The molecule has 0 N–H and O–H groups in total. The molecule has 0 saturated heterocycles. The van der Waals surface area contributed by atoms with Gasteiger partial charge >= 0.3 is 0 Å². The van der Waals surface area contributed by atoms with Crippen LogP contribution in [0.1, 0.15) is 39.5 Å². The van der Waals surface area contributed by atoms with E-state index in [1.54, 1.807) is 0 Å². The van der Waals surface area contributed by atoms with Gasteiger partial charge in [-0.3, -0.25) is 0 Å². The van der Waals surface area contributed by atoms with Crippen LogP contribution in [-0.4, -0.2) is 56.5 Å². The van der Waals surface area contributed by atoms with Crippen LogP contribution in [0.3, 0.4) is 0 Å². The summed E-state index contributed by atoms with van der Waals surface area (Å²) in [5, 5.41) is 0. The summed E-state index contributed by atoms with van der Waals surface area (Å²) in [6.07, 6.45) is 12.8. The molecule has 0 unspecified atom stereocenters. The molecular weight excluding hydrogens is 360 g/mol. The predicted molar refractivity (Wildman–Crippen MR) is 93.1 cm³/mol. The zero-order valence-electron chi connectivity index (χ0n) is 15.1. The monoisotopic (exact) mass is 380 g/mol. The van der Waals surface area contributed by atoms with Gasteiger partial charge in [0.25, 0.3) is 0 Å². The highest BCUT2D eigenvalue weighted by atomic mass is 16.1. The molecule has 0 aromatic carbocycles. The first-order valence-electron chi connectivity index (χ1n) is 7.38. The van der Waals surface area contributed by atoms with Crippen LogP contribution in [-0.2, 0) is 28.8 Å². The maximum absolute atomic E-state index is 9.20. The first kappa shape index (κ1) is 31.1. The number of nitrogens with zero attached hydrogens (tertiary/aromatic N) is 6. The molecule has 0 rings (SSSR count). The van der Waals surface area contributed by atoms with Crippen LogP contribution in [0.25, 0.3) is 0 Å². The van der Waals surface area contributed by atoms with Crippen molar-refractivity contribution in [2.45, 2.75) is 39.5 Å². The number of rotatable bonds is 9. The maximum atomic E-state index is 9.20. The van der Waals surface area contributed by atoms with Gasteiger partial charge in [-0.05, 0) is 0 Å². The molecular formula is C15H20N6O6. The lowest BCUT2D eigenvalue weighted by Crippen LogP contribution is -1.66. The number of carbonyl (C=O) groups excluding carboxylic acids is 6. The van der Waals surface area contributed by atoms with Crippen LogP contribution in [0.5, 0.6) is 0 Å². The summed E-state index contributed by atoms with van der Waals surface area (Å²) in [7, 11) is 0. The standard InChI is InChI=1S/C6H14.3C3H2N2O2/c1-3-5-6-4-2;3*6-2-4-1-5-3-7/h3-6H2,1-2H3;3*1H2. The molecule has 0 aliphatic carbocycles. The third-order valence-electron chi connectivity index (χ3n) is 1.77. The van der Waals surface area contributed by atoms with Crippen molar-refractivity contribution < 1.29 is 28.8 Å². The first-order chi connectivity index (χ1) is 13.2. The molecule has 0 radical (unpaired) electrons. The Kier molecular flexibility index (Phi) is 49.8. The summed E-state index contributed by atoms with van der Waals surface area (Å²) in [6.45, 7) is 3.98. The average Bonchev–Trinajstić information content (AvgIpc) is 2.69. The molecule has 0 aliphatic heterocycles. The molecule has 0 fully saturated rings. The normalized spacial score (nSPS) is 6.44. The van der Waals surface area contributed by atoms with Gasteiger partial charge in [-0.15, -0.1) is 0 Å². The Labute approximate surface area is 155 Å². The minimum atomic E-state index is -0.160. The quantitative estimate of drug-likeness (QED) is 0.332. The number of unbranched alkanes of at least 4 members (excludes halogenated alkanes) is 3. The fraction of sp³-hybridized carbons (Fsp3) is 0.600. The van der Waals surface area contributed by atoms with E-state index >= 15 is 0 Å². The van der Waals surface area contributed by atoms with Gasteiger partial charge in [-0.25, -0.2) is 28.8 Å². The fourth-order valence-corrected chi connectivity index (χ4v) is 0.779. The van der Waals surface area contributed by atoms with Gasteiger partial charge in [0.05, 0.1) is 0 Å². The highest BCUT2D eigenvalue weighted by Crippen LogP contribution is 1.95. The molecule has 12 nitrogen and oxygen atoms in total. The Bertz CT molecular complexity index is 482. The Hall–Kier alpha value is -3.72. The van der Waals surface area contributed by atoms with E-state index in [1.165, 1.54) is 62.2 Å². The fourth-order valence-electron chi connectivity index (χ4n) is 0.779. The van der Waals surface area contributed by atoms with E-state index in [9.17, 15) is 28.8 Å². The molecule has 12 heteroatoms. The molecule has 146 valence electrons. The molecule has 0 heterocycles. The van der Waals surface area contributed by atoms with Gasteiger partial charge in [0.2, 0.25) is 36.5 Å². The van der Waals surface area contributed by atoms with E-state index in [0.717, 1.165) is 0 Å². The van der Waals surface area contributed by atoms with Crippen molar-refractivity contribution in [2.75, 3.05) is 20.0 Å². The third kappa shape index (κ3) is 72.0. The smallest absolute Gasteiger partial charge is 0.211 e. The van der Waals surface area contributed by atoms with E-state index in [-0.39, 0.29) is 20.0 Å². The van der Waals surface area contributed by atoms with Crippen molar-refractivity contribution >= 4 is 36.5 Å². The van der Waals surface area contributed by atoms with Crippen molar-refractivity contribution in [3.8, 4) is 0 Å². The summed E-state index contributed by atoms with van der Waals surface area (Å²) in [4.78, 5) is 72.8. The SMILES string of the molecule is CCCCCC.O=C=NCN=C=O.O=C=NCN=C=O.O=C=NCN=C=O. The van der Waals surface area contributed by atoms with E-state index in [2.05, 4.69) is 43.8 Å². The van der Waals surface area contributed by atoms with Crippen molar-refractivity contribution in [3.05, 3.63) is 0 Å². The second kappa shape index (κ2) is 43.2. The van der Waals surface area contributed by atoms with E-state index < -0.39 is 0 Å². The van der Waals surface area contributed by atoms with Gasteiger partial charge in [0.15, 0.2) is 20.0 Å². The molecule has 0 bridgehead atoms. The second-order valence-electron chi connectivity index (χ2n) is 3.63. The van der Waals surface area contributed by atoms with Gasteiger partial charge in [-0.1, -0.05) is 39.5 Å². The zero-order chi connectivity index (χ0) is 21.4. The van der Waals surface area contributed by atoms with E-state index in [1.807, 2.05) is 0 Å². The summed E-state index contributed by atoms with van der Waals surface area (Å²) in [5.41, 5.74) is 0. The molecule has 0 aromatic heterocycles. The van der Waals surface area contributed by atoms with Gasteiger partial charge in [-0.2, -0.15) is 30.0 Å². The van der Waals surface area contributed by atoms with Gasteiger partial charge < -0.3 is 0 Å². The van der Waals surface area contributed by atoms with Crippen LogP contribution < -0.4 is 0 Å². The number of aliphatic imine (C=N–C) groups is 6. The Morgan fingerprint density at radius 2 is 0.630 bits per heavy atom. The molecule has 0 aromatic rings. The lowest BCUT2D eigenvalue weighted by molar-refractivity contribution is 0.559. The summed E-state index contributed by atoms with van der Waals surface area (Å²) in [5.74, 6) is 0. The van der Waals surface area contributed by atoms with Crippen LogP contribution >= 0.6 is 0 Å². The van der Waals surface area contributed by atoms with Crippen LogP contribution in [0.4, 0.5) is 0 Å². The van der Waals surface area contributed by atoms with Crippen molar-refractivity contribution in [2.24, 2.45) is 30.0 Å². The zero-order valence-corrected chi connectivity index (χ0v) is 15.1. The van der Waals surface area contributed by atoms with Crippen LogP contribution in [0, 0.1) is 0 Å². The number of isocyanates is 6. The lowest BCUT2D eigenvalue weighted by Gasteiger charge is -1.86. The largest absolute Gasteiger partial charge is 0.236 e. The Morgan fingerprint density at radius 3 is 0.741 bits per heavy atom. The molecule has 0 saturated carbocycles. The highest BCUT2D eigenvalue weighted by Gasteiger charge is 1.75. The van der Waals surface area contributed by atoms with Crippen LogP contribution in [0.2, 0.25) is 0 Å². The first-order valence-corrected chi connectivity index (χ1v) is 7.38. The summed E-state index contributed by atoms with van der Waals surface area (Å²) >= 11 is 0. The predicted octanol–water partition coefficient (Wildman–Crippen LogP) is 1.43. The maximum Gasteiger partial charge on any atom is 0.236 e. The van der Waals surface area contributed by atoms with E-state index in [4.69, 9.17) is 0 Å². The second-order valence-corrected chi connectivity index (χ2v) is 3.63. The molecule has 0 amide bonds.